The van der Waals surface area contributed by atoms with Gasteiger partial charge in [0.1, 0.15) is 0 Å². The zero-order valence-electron chi connectivity index (χ0n) is 18.2. The molecular formula is C22H34IN5O2. The first kappa shape index (κ1) is 24.4. The highest BCUT2D eigenvalue weighted by molar-refractivity contribution is 14.0. The van der Waals surface area contributed by atoms with Gasteiger partial charge in [-0.15, -0.1) is 24.0 Å². The fraction of sp³-hybridized carbons (Fsp3) is 0.591. The summed E-state index contributed by atoms with van der Waals surface area (Å²) in [6.45, 7) is 7.59. The minimum atomic E-state index is 0. The maximum absolute atomic E-state index is 12.2. The fourth-order valence-corrected chi connectivity index (χ4v) is 3.95. The third kappa shape index (κ3) is 6.58. The van der Waals surface area contributed by atoms with Gasteiger partial charge in [0.25, 0.3) is 0 Å². The molecule has 2 fully saturated rings. The van der Waals surface area contributed by atoms with Crippen molar-refractivity contribution in [1.29, 1.82) is 0 Å². The van der Waals surface area contributed by atoms with E-state index in [1.54, 1.807) is 7.05 Å². The number of guanidine groups is 1. The van der Waals surface area contributed by atoms with Gasteiger partial charge >= 0.3 is 0 Å². The van der Waals surface area contributed by atoms with Crippen LogP contribution in [0.4, 0.5) is 0 Å². The van der Waals surface area contributed by atoms with Crippen LogP contribution in [0.25, 0.3) is 0 Å². The van der Waals surface area contributed by atoms with Crippen molar-refractivity contribution in [3.63, 3.8) is 0 Å². The van der Waals surface area contributed by atoms with Crippen LogP contribution in [0.2, 0.25) is 0 Å². The summed E-state index contributed by atoms with van der Waals surface area (Å²) >= 11 is 0. The third-order valence-corrected chi connectivity index (χ3v) is 5.55. The van der Waals surface area contributed by atoms with Gasteiger partial charge in [0.05, 0.1) is 0 Å². The lowest BCUT2D eigenvalue weighted by Crippen LogP contribution is -2.45. The van der Waals surface area contributed by atoms with Crippen LogP contribution in [0.15, 0.2) is 29.3 Å². The van der Waals surface area contributed by atoms with Crippen molar-refractivity contribution in [1.82, 2.24) is 20.4 Å². The number of carbonyl (C=O) groups is 2. The summed E-state index contributed by atoms with van der Waals surface area (Å²) in [5.74, 6) is 1.24. The van der Waals surface area contributed by atoms with Crippen LogP contribution in [0, 0.1) is 5.92 Å². The number of carbonyl (C=O) groups excluding carboxylic acids is 2. The third-order valence-electron chi connectivity index (χ3n) is 5.55. The summed E-state index contributed by atoms with van der Waals surface area (Å²) in [6.07, 6.45) is 2.56. The molecule has 2 aliphatic rings. The molecule has 0 aromatic heterocycles. The normalized spacial score (nSPS) is 19.3. The van der Waals surface area contributed by atoms with Crippen LogP contribution in [0.5, 0.6) is 0 Å². The maximum atomic E-state index is 12.2. The second-order valence-corrected chi connectivity index (χ2v) is 8.23. The van der Waals surface area contributed by atoms with Gasteiger partial charge in [-0.25, -0.2) is 0 Å². The van der Waals surface area contributed by atoms with E-state index in [4.69, 9.17) is 0 Å². The first-order chi connectivity index (χ1) is 14.0. The molecule has 2 aliphatic heterocycles. The Morgan fingerprint density at radius 1 is 1.27 bits per heavy atom. The number of nitrogens with zero attached hydrogens (tertiary/aromatic N) is 3. The standard InChI is InChI=1S/C22H33N5O2.HI/c1-16(2)21(29)27-11-9-19(15-27)25-22(23-3)24-13-17-6-4-7-18(12-17)14-26-10-5-8-20(26)28;/h4,6-7,12,16,19H,5,8-11,13-15H2,1-3H3,(H2,23,24,25);1H. The Balaban J connectivity index is 0.00000320. The number of rotatable bonds is 6. The molecule has 7 nitrogen and oxygen atoms in total. The van der Waals surface area contributed by atoms with Gasteiger partial charge in [0.15, 0.2) is 5.96 Å². The van der Waals surface area contributed by atoms with Gasteiger partial charge in [-0.3, -0.25) is 14.6 Å². The zero-order valence-corrected chi connectivity index (χ0v) is 20.5. The van der Waals surface area contributed by atoms with Crippen LogP contribution < -0.4 is 10.6 Å². The molecule has 2 saturated heterocycles. The first-order valence-corrected chi connectivity index (χ1v) is 10.6. The van der Waals surface area contributed by atoms with E-state index in [9.17, 15) is 9.59 Å². The number of hydrogen-bond acceptors (Lipinski definition) is 3. The van der Waals surface area contributed by atoms with E-state index < -0.39 is 0 Å². The molecule has 2 heterocycles. The lowest BCUT2D eigenvalue weighted by Gasteiger charge is -2.20. The van der Waals surface area contributed by atoms with E-state index >= 15 is 0 Å². The molecule has 166 valence electrons. The predicted molar refractivity (Wildman–Crippen MR) is 130 cm³/mol. The molecule has 0 spiro atoms. The highest BCUT2D eigenvalue weighted by atomic mass is 127. The summed E-state index contributed by atoms with van der Waals surface area (Å²) in [7, 11) is 1.76. The molecule has 3 rings (SSSR count). The minimum Gasteiger partial charge on any atom is -0.352 e. The van der Waals surface area contributed by atoms with Crippen molar-refractivity contribution < 1.29 is 9.59 Å². The summed E-state index contributed by atoms with van der Waals surface area (Å²) in [5.41, 5.74) is 2.31. The molecule has 2 amide bonds. The van der Waals surface area contributed by atoms with E-state index in [2.05, 4.69) is 33.8 Å². The smallest absolute Gasteiger partial charge is 0.225 e. The Bertz CT molecular complexity index is 768. The van der Waals surface area contributed by atoms with E-state index in [1.165, 1.54) is 0 Å². The average molecular weight is 527 g/mol. The van der Waals surface area contributed by atoms with Crippen molar-refractivity contribution in [3.05, 3.63) is 35.4 Å². The van der Waals surface area contributed by atoms with E-state index in [-0.39, 0.29) is 47.8 Å². The largest absolute Gasteiger partial charge is 0.352 e. The second kappa shape index (κ2) is 11.5. The summed E-state index contributed by atoms with van der Waals surface area (Å²) in [6, 6.07) is 8.55. The number of nitrogens with one attached hydrogen (secondary N) is 2. The SMILES string of the molecule is CN=C(NCc1cccc(CN2CCCC2=O)c1)NC1CCN(C(=O)C(C)C)C1.I. The number of aliphatic imine (C=N–C) groups is 1. The summed E-state index contributed by atoms with van der Waals surface area (Å²) in [5, 5.41) is 6.79. The van der Waals surface area contributed by atoms with Gasteiger partial charge in [-0.1, -0.05) is 38.1 Å². The quantitative estimate of drug-likeness (QED) is 0.339. The zero-order chi connectivity index (χ0) is 20.8. The molecule has 1 atom stereocenters. The molecule has 0 saturated carbocycles. The Morgan fingerprint density at radius 2 is 2.03 bits per heavy atom. The fourth-order valence-electron chi connectivity index (χ4n) is 3.95. The Labute approximate surface area is 196 Å². The number of likely N-dealkylation sites (tertiary alicyclic amines) is 2. The van der Waals surface area contributed by atoms with Crippen LogP contribution in [0.3, 0.4) is 0 Å². The van der Waals surface area contributed by atoms with Gasteiger partial charge in [-0.2, -0.15) is 0 Å². The van der Waals surface area contributed by atoms with Gasteiger partial charge in [-0.05, 0) is 24.0 Å². The molecule has 1 aromatic carbocycles. The Morgan fingerprint density at radius 3 is 2.70 bits per heavy atom. The predicted octanol–water partition coefficient (Wildman–Crippen LogP) is 2.35. The number of halogens is 1. The van der Waals surface area contributed by atoms with Gasteiger partial charge in [0, 0.05) is 58.2 Å². The highest BCUT2D eigenvalue weighted by Gasteiger charge is 2.28. The monoisotopic (exact) mass is 527 g/mol. The van der Waals surface area contributed by atoms with Crippen molar-refractivity contribution in [2.75, 3.05) is 26.7 Å². The van der Waals surface area contributed by atoms with Crippen molar-refractivity contribution in [2.45, 2.75) is 52.2 Å². The molecule has 8 heteroatoms. The maximum Gasteiger partial charge on any atom is 0.225 e. The molecule has 1 aromatic rings. The lowest BCUT2D eigenvalue weighted by atomic mass is 10.1. The molecule has 0 aliphatic carbocycles. The molecule has 2 N–H and O–H groups in total. The number of hydrogen-bond donors (Lipinski definition) is 2. The topological polar surface area (TPSA) is 77.0 Å². The minimum absolute atomic E-state index is 0. The molecule has 0 radical (unpaired) electrons. The van der Waals surface area contributed by atoms with Crippen molar-refractivity contribution in [3.8, 4) is 0 Å². The second-order valence-electron chi connectivity index (χ2n) is 8.23. The van der Waals surface area contributed by atoms with Gasteiger partial charge < -0.3 is 20.4 Å². The van der Waals surface area contributed by atoms with E-state index in [0.29, 0.717) is 19.5 Å². The number of amides is 2. The van der Waals surface area contributed by atoms with E-state index in [1.807, 2.05) is 29.7 Å². The van der Waals surface area contributed by atoms with Crippen LogP contribution in [-0.4, -0.2) is 60.3 Å². The van der Waals surface area contributed by atoms with E-state index in [0.717, 1.165) is 49.6 Å². The highest BCUT2D eigenvalue weighted by Crippen LogP contribution is 2.15. The Hall–Kier alpha value is -1.84. The first-order valence-electron chi connectivity index (χ1n) is 10.6. The van der Waals surface area contributed by atoms with Crippen molar-refractivity contribution >= 4 is 41.8 Å². The molecule has 0 bridgehead atoms. The van der Waals surface area contributed by atoms with Gasteiger partial charge in [0.2, 0.25) is 11.8 Å². The summed E-state index contributed by atoms with van der Waals surface area (Å²) < 4.78 is 0. The molecule has 1 unspecified atom stereocenters. The number of benzene rings is 1. The average Bonchev–Trinajstić information content (AvgIpc) is 3.34. The van der Waals surface area contributed by atoms with Crippen LogP contribution in [0.1, 0.15) is 44.2 Å². The molecule has 30 heavy (non-hydrogen) atoms. The Kier molecular flexibility index (Phi) is 9.38. The van der Waals surface area contributed by atoms with Crippen LogP contribution >= 0.6 is 24.0 Å². The molecular weight excluding hydrogens is 493 g/mol. The summed E-state index contributed by atoms with van der Waals surface area (Å²) in [4.78, 5) is 32.2. The van der Waals surface area contributed by atoms with Crippen LogP contribution in [-0.2, 0) is 22.7 Å². The lowest BCUT2D eigenvalue weighted by molar-refractivity contribution is -0.133. The van der Waals surface area contributed by atoms with Crippen molar-refractivity contribution in [2.24, 2.45) is 10.9 Å².